The van der Waals surface area contributed by atoms with E-state index in [-0.39, 0.29) is 12.3 Å². The first-order chi connectivity index (χ1) is 7.08. The topological polar surface area (TPSA) is 37.3 Å². The zero-order valence-electron chi connectivity index (χ0n) is 8.53. The van der Waals surface area contributed by atoms with Gasteiger partial charge in [0.15, 0.2) is 0 Å². The molecule has 0 aromatic carbocycles. The van der Waals surface area contributed by atoms with Crippen LogP contribution >= 0.6 is 0 Å². The number of halogens is 2. The van der Waals surface area contributed by atoms with E-state index in [1.54, 1.807) is 0 Å². The molecular formula is C11H16F2O2. The van der Waals surface area contributed by atoms with Crippen LogP contribution in [0.4, 0.5) is 8.78 Å². The molecule has 0 aliphatic heterocycles. The zero-order valence-corrected chi connectivity index (χ0v) is 8.53. The third-order valence-corrected chi connectivity index (χ3v) is 4.08. The number of carbonyl (C=O) groups is 1. The van der Waals surface area contributed by atoms with E-state index in [4.69, 9.17) is 5.11 Å². The Balaban J connectivity index is 2.02. The second kappa shape index (κ2) is 4.06. The van der Waals surface area contributed by atoms with E-state index in [1.807, 2.05) is 0 Å². The minimum absolute atomic E-state index is 0.0418. The molecule has 0 aromatic heterocycles. The molecule has 4 unspecified atom stereocenters. The molecule has 2 rings (SSSR count). The summed E-state index contributed by atoms with van der Waals surface area (Å²) in [6, 6.07) is 0. The summed E-state index contributed by atoms with van der Waals surface area (Å²) in [5.74, 6) is -1.09. The summed E-state index contributed by atoms with van der Waals surface area (Å²) in [7, 11) is 0. The maximum absolute atomic E-state index is 12.8. The number of rotatable bonds is 4. The number of carboxylic acids is 1. The Bertz CT molecular complexity index is 255. The summed E-state index contributed by atoms with van der Waals surface area (Å²) in [6.45, 7) is 0. The van der Waals surface area contributed by atoms with Gasteiger partial charge in [-0.2, -0.15) is 0 Å². The van der Waals surface area contributed by atoms with Crippen LogP contribution in [0.25, 0.3) is 0 Å². The molecule has 4 atom stereocenters. The van der Waals surface area contributed by atoms with Crippen LogP contribution in [-0.4, -0.2) is 17.5 Å². The summed E-state index contributed by atoms with van der Waals surface area (Å²) in [4.78, 5) is 10.5. The Kier molecular flexibility index (Phi) is 2.94. The molecule has 2 nitrogen and oxygen atoms in total. The third kappa shape index (κ3) is 2.13. The molecule has 0 spiro atoms. The third-order valence-electron chi connectivity index (χ3n) is 4.08. The molecule has 86 valence electrons. The van der Waals surface area contributed by atoms with Crippen LogP contribution < -0.4 is 0 Å². The van der Waals surface area contributed by atoms with E-state index in [1.165, 1.54) is 0 Å². The molecule has 15 heavy (non-hydrogen) atoms. The predicted octanol–water partition coefficient (Wildman–Crippen LogP) is 2.78. The van der Waals surface area contributed by atoms with Crippen LogP contribution in [0.1, 0.15) is 32.1 Å². The van der Waals surface area contributed by atoms with Crippen LogP contribution in [0.3, 0.4) is 0 Å². The van der Waals surface area contributed by atoms with Crippen LogP contribution in [0.15, 0.2) is 0 Å². The number of hydrogen-bond acceptors (Lipinski definition) is 1. The number of hydrogen-bond donors (Lipinski definition) is 1. The van der Waals surface area contributed by atoms with Crippen molar-refractivity contribution in [1.82, 2.24) is 0 Å². The lowest BCUT2D eigenvalue weighted by Crippen LogP contribution is -2.28. The maximum Gasteiger partial charge on any atom is 0.303 e. The fraction of sp³-hybridized carbons (Fsp3) is 0.909. The summed E-state index contributed by atoms with van der Waals surface area (Å²) >= 11 is 0. The Hall–Kier alpha value is -0.670. The lowest BCUT2D eigenvalue weighted by atomic mass is 9.78. The second-order valence-corrected chi connectivity index (χ2v) is 4.93. The van der Waals surface area contributed by atoms with Crippen molar-refractivity contribution < 1.29 is 18.7 Å². The summed E-state index contributed by atoms with van der Waals surface area (Å²) in [5.41, 5.74) is 0. The van der Waals surface area contributed by atoms with Gasteiger partial charge in [-0.3, -0.25) is 4.79 Å². The molecule has 2 aliphatic rings. The summed E-state index contributed by atoms with van der Waals surface area (Å²) < 4.78 is 25.5. The van der Waals surface area contributed by atoms with E-state index in [9.17, 15) is 13.6 Å². The molecule has 1 N–H and O–H groups in total. The Labute approximate surface area is 87.7 Å². The molecule has 2 bridgehead atoms. The summed E-state index contributed by atoms with van der Waals surface area (Å²) in [6.07, 6.45) is 1.21. The van der Waals surface area contributed by atoms with Crippen LogP contribution in [0, 0.1) is 23.7 Å². The van der Waals surface area contributed by atoms with Gasteiger partial charge in [-0.15, -0.1) is 0 Å². The Morgan fingerprint density at radius 1 is 1.33 bits per heavy atom. The lowest BCUT2D eigenvalue weighted by Gasteiger charge is -2.28. The first kappa shape index (κ1) is 10.8. The number of aliphatic carboxylic acids is 1. The first-order valence-corrected chi connectivity index (χ1v) is 5.58. The highest BCUT2D eigenvalue weighted by atomic mass is 19.3. The standard InChI is InChI=1S/C11H16F2O2/c12-11(13)9(5-10(14)15)8-4-6-1-2-7(8)3-6/h6-9,11H,1-5H2,(H,14,15). The minimum atomic E-state index is -2.48. The fourth-order valence-electron chi connectivity index (χ4n) is 3.45. The van der Waals surface area contributed by atoms with Crippen molar-refractivity contribution in [2.75, 3.05) is 0 Å². The van der Waals surface area contributed by atoms with Gasteiger partial charge in [-0.1, -0.05) is 6.42 Å². The zero-order chi connectivity index (χ0) is 11.0. The molecule has 2 saturated carbocycles. The number of fused-ring (bicyclic) bond motifs is 2. The van der Waals surface area contributed by atoms with Gasteiger partial charge in [-0.25, -0.2) is 8.78 Å². The van der Waals surface area contributed by atoms with Crippen molar-refractivity contribution in [3.8, 4) is 0 Å². The van der Waals surface area contributed by atoms with Gasteiger partial charge in [0, 0.05) is 5.92 Å². The van der Waals surface area contributed by atoms with Gasteiger partial charge in [0.2, 0.25) is 6.43 Å². The molecule has 0 amide bonds. The van der Waals surface area contributed by atoms with Crippen molar-refractivity contribution in [2.24, 2.45) is 23.7 Å². The predicted molar refractivity (Wildman–Crippen MR) is 50.7 cm³/mol. The molecule has 0 aromatic rings. The Morgan fingerprint density at radius 2 is 2.07 bits per heavy atom. The van der Waals surface area contributed by atoms with Crippen molar-refractivity contribution in [2.45, 2.75) is 38.5 Å². The Morgan fingerprint density at radius 3 is 2.47 bits per heavy atom. The largest absolute Gasteiger partial charge is 0.481 e. The van der Waals surface area contributed by atoms with E-state index in [0.29, 0.717) is 11.8 Å². The van der Waals surface area contributed by atoms with Crippen LogP contribution in [0.5, 0.6) is 0 Å². The van der Waals surface area contributed by atoms with Gasteiger partial charge >= 0.3 is 5.97 Å². The van der Waals surface area contributed by atoms with Gasteiger partial charge in [0.25, 0.3) is 0 Å². The van der Waals surface area contributed by atoms with Crippen molar-refractivity contribution in [3.05, 3.63) is 0 Å². The molecule has 4 heteroatoms. The van der Waals surface area contributed by atoms with Gasteiger partial charge in [-0.05, 0) is 37.0 Å². The SMILES string of the molecule is O=C(O)CC(C(F)F)C1CC2CCC1C2. The lowest BCUT2D eigenvalue weighted by molar-refractivity contribution is -0.140. The minimum Gasteiger partial charge on any atom is -0.481 e. The first-order valence-electron chi connectivity index (χ1n) is 5.58. The van der Waals surface area contributed by atoms with Crippen LogP contribution in [0.2, 0.25) is 0 Å². The van der Waals surface area contributed by atoms with Crippen molar-refractivity contribution in [1.29, 1.82) is 0 Å². The molecule has 0 radical (unpaired) electrons. The van der Waals surface area contributed by atoms with Crippen molar-refractivity contribution in [3.63, 3.8) is 0 Å². The highest BCUT2D eigenvalue weighted by molar-refractivity contribution is 5.67. The summed E-state index contributed by atoms with van der Waals surface area (Å²) in [5, 5.41) is 8.63. The second-order valence-electron chi connectivity index (χ2n) is 4.93. The monoisotopic (exact) mass is 218 g/mol. The molecular weight excluding hydrogens is 202 g/mol. The smallest absolute Gasteiger partial charge is 0.303 e. The molecule has 0 heterocycles. The quantitative estimate of drug-likeness (QED) is 0.787. The highest BCUT2D eigenvalue weighted by Crippen LogP contribution is 2.52. The molecule has 2 fully saturated rings. The number of alkyl halides is 2. The molecule has 0 saturated heterocycles. The van der Waals surface area contributed by atoms with E-state index < -0.39 is 18.3 Å². The van der Waals surface area contributed by atoms with E-state index in [0.717, 1.165) is 25.7 Å². The van der Waals surface area contributed by atoms with Crippen molar-refractivity contribution >= 4 is 5.97 Å². The van der Waals surface area contributed by atoms with Gasteiger partial charge < -0.3 is 5.11 Å². The maximum atomic E-state index is 12.8. The highest BCUT2D eigenvalue weighted by Gasteiger charge is 2.46. The van der Waals surface area contributed by atoms with Gasteiger partial charge in [0.05, 0.1) is 6.42 Å². The average Bonchev–Trinajstić information content (AvgIpc) is 2.73. The molecule has 2 aliphatic carbocycles. The fourth-order valence-corrected chi connectivity index (χ4v) is 3.45. The normalized spacial score (nSPS) is 36.1. The van der Waals surface area contributed by atoms with E-state index in [2.05, 4.69) is 0 Å². The average molecular weight is 218 g/mol. The van der Waals surface area contributed by atoms with Gasteiger partial charge in [0.1, 0.15) is 0 Å². The number of carboxylic acid groups (broad SMARTS) is 1. The van der Waals surface area contributed by atoms with Crippen LogP contribution in [-0.2, 0) is 4.79 Å². The van der Waals surface area contributed by atoms with E-state index >= 15 is 0 Å².